The molecule has 3 N–H and O–H groups in total. The number of amides is 1. The molecule has 2 atom stereocenters. The van der Waals surface area contributed by atoms with Gasteiger partial charge in [-0.25, -0.2) is 0 Å². The summed E-state index contributed by atoms with van der Waals surface area (Å²) in [6.45, 7) is 4.62. The van der Waals surface area contributed by atoms with E-state index in [1.807, 2.05) is 0 Å². The van der Waals surface area contributed by atoms with Crippen molar-refractivity contribution in [3.8, 4) is 0 Å². The van der Waals surface area contributed by atoms with Crippen LogP contribution in [0.1, 0.15) is 55.3 Å². The van der Waals surface area contributed by atoms with Crippen LogP contribution in [0.3, 0.4) is 0 Å². The lowest BCUT2D eigenvalue weighted by atomic mass is 9.85. The van der Waals surface area contributed by atoms with E-state index in [1.165, 1.54) is 16.7 Å². The number of ether oxygens (including phenoxy) is 1. The van der Waals surface area contributed by atoms with E-state index in [-0.39, 0.29) is 31.0 Å². The summed E-state index contributed by atoms with van der Waals surface area (Å²) in [7, 11) is 1.55. The van der Waals surface area contributed by atoms with E-state index in [0.29, 0.717) is 5.92 Å². The van der Waals surface area contributed by atoms with E-state index in [9.17, 15) is 4.79 Å². The van der Waals surface area contributed by atoms with Crippen LogP contribution in [0.15, 0.2) is 18.2 Å². The van der Waals surface area contributed by atoms with Crippen LogP contribution >= 0.6 is 12.4 Å². The number of hydrogen-bond acceptors (Lipinski definition) is 3. The Bertz CT molecular complexity index is 505. The molecule has 124 valence electrons. The summed E-state index contributed by atoms with van der Waals surface area (Å²) in [5, 5.41) is 3.08. The molecule has 0 heterocycles. The van der Waals surface area contributed by atoms with Crippen LogP contribution in [-0.4, -0.2) is 25.7 Å². The molecule has 0 aliphatic heterocycles. The van der Waals surface area contributed by atoms with E-state index < -0.39 is 6.04 Å². The number of nitrogens with two attached hydrogens (primary N) is 1. The average molecular weight is 327 g/mol. The second kappa shape index (κ2) is 8.51. The third-order valence-corrected chi connectivity index (χ3v) is 4.15. The van der Waals surface area contributed by atoms with Crippen LogP contribution in [0.5, 0.6) is 0 Å². The molecule has 0 saturated carbocycles. The third-order valence-electron chi connectivity index (χ3n) is 4.15. The largest absolute Gasteiger partial charge is 0.383 e. The lowest BCUT2D eigenvalue weighted by molar-refractivity contribution is -0.124. The highest BCUT2D eigenvalue weighted by molar-refractivity contribution is 5.85. The molecule has 0 fully saturated rings. The topological polar surface area (TPSA) is 64.3 Å². The van der Waals surface area contributed by atoms with Crippen LogP contribution in [0.25, 0.3) is 0 Å². The quantitative estimate of drug-likeness (QED) is 0.874. The van der Waals surface area contributed by atoms with Gasteiger partial charge in [0.2, 0.25) is 5.91 Å². The molecule has 1 aliphatic carbocycles. The molecule has 2 rings (SSSR count). The highest BCUT2D eigenvalue weighted by Gasteiger charge is 2.24. The molecule has 22 heavy (non-hydrogen) atoms. The minimum Gasteiger partial charge on any atom is -0.383 e. The first-order valence-electron chi connectivity index (χ1n) is 7.70. The van der Waals surface area contributed by atoms with Crippen molar-refractivity contribution >= 4 is 18.3 Å². The van der Waals surface area contributed by atoms with Crippen molar-refractivity contribution in [2.24, 2.45) is 5.73 Å². The fraction of sp³-hybridized carbons (Fsp3) is 0.588. The second-order valence-corrected chi connectivity index (χ2v) is 6.13. The monoisotopic (exact) mass is 326 g/mol. The molecule has 0 saturated heterocycles. The highest BCUT2D eigenvalue weighted by Crippen LogP contribution is 2.32. The van der Waals surface area contributed by atoms with Gasteiger partial charge in [0.25, 0.3) is 0 Å². The van der Waals surface area contributed by atoms with Crippen molar-refractivity contribution in [2.75, 3.05) is 13.7 Å². The van der Waals surface area contributed by atoms with Crippen LogP contribution < -0.4 is 11.1 Å². The SMILES string of the molecule is COCC(N)C(=O)N[C@@H]1CCCc2ccc(C(C)C)cc21.Cl. The van der Waals surface area contributed by atoms with Crippen molar-refractivity contribution in [2.45, 2.75) is 51.1 Å². The van der Waals surface area contributed by atoms with Gasteiger partial charge in [0.15, 0.2) is 0 Å². The standard InChI is InChI=1S/C17H26N2O2.ClH/c1-11(2)13-8-7-12-5-4-6-16(14(12)9-13)19-17(20)15(18)10-21-3;/h7-9,11,15-16H,4-6,10,18H2,1-3H3,(H,19,20);1H/t15?,16-;/m1./s1. The number of hydrogen-bond donors (Lipinski definition) is 2. The van der Waals surface area contributed by atoms with Crippen LogP contribution in [0.2, 0.25) is 0 Å². The second-order valence-electron chi connectivity index (χ2n) is 6.13. The first kappa shape index (κ1) is 18.9. The smallest absolute Gasteiger partial charge is 0.239 e. The summed E-state index contributed by atoms with van der Waals surface area (Å²) in [6.07, 6.45) is 3.16. The Morgan fingerprint density at radius 3 is 2.82 bits per heavy atom. The Balaban J connectivity index is 0.00000242. The van der Waals surface area contributed by atoms with Crippen LogP contribution in [-0.2, 0) is 16.0 Å². The fourth-order valence-electron chi connectivity index (χ4n) is 2.86. The van der Waals surface area contributed by atoms with Crippen molar-refractivity contribution in [3.63, 3.8) is 0 Å². The molecular weight excluding hydrogens is 300 g/mol. The number of carbonyl (C=O) groups is 1. The molecule has 1 aromatic rings. The number of fused-ring (bicyclic) bond motifs is 1. The first-order valence-corrected chi connectivity index (χ1v) is 7.70. The summed E-state index contributed by atoms with van der Waals surface area (Å²) < 4.78 is 4.95. The predicted octanol–water partition coefficient (Wildman–Crippen LogP) is 2.70. The number of aryl methyl sites for hydroxylation is 1. The molecule has 5 heteroatoms. The summed E-state index contributed by atoms with van der Waals surface area (Å²) in [4.78, 5) is 12.1. The Hall–Kier alpha value is -1.10. The molecule has 0 aromatic heterocycles. The Morgan fingerprint density at radius 2 is 2.18 bits per heavy atom. The molecule has 0 bridgehead atoms. The molecule has 1 aromatic carbocycles. The maximum atomic E-state index is 12.1. The van der Waals surface area contributed by atoms with Gasteiger partial charge < -0.3 is 15.8 Å². The zero-order valence-electron chi connectivity index (χ0n) is 13.6. The van der Waals surface area contributed by atoms with Gasteiger partial charge >= 0.3 is 0 Å². The predicted molar refractivity (Wildman–Crippen MR) is 91.5 cm³/mol. The number of nitrogens with one attached hydrogen (secondary N) is 1. The summed E-state index contributed by atoms with van der Waals surface area (Å²) in [5.41, 5.74) is 9.72. The highest BCUT2D eigenvalue weighted by atomic mass is 35.5. The molecule has 0 radical (unpaired) electrons. The van der Waals surface area contributed by atoms with E-state index in [4.69, 9.17) is 10.5 Å². The number of rotatable bonds is 5. The van der Waals surface area contributed by atoms with Gasteiger partial charge in [0.05, 0.1) is 12.6 Å². The van der Waals surface area contributed by atoms with Gasteiger partial charge in [-0.1, -0.05) is 32.0 Å². The summed E-state index contributed by atoms with van der Waals surface area (Å²) in [5.74, 6) is 0.356. The van der Waals surface area contributed by atoms with E-state index >= 15 is 0 Å². The maximum absolute atomic E-state index is 12.1. The van der Waals surface area contributed by atoms with Crippen molar-refractivity contribution < 1.29 is 9.53 Å². The lowest BCUT2D eigenvalue weighted by Gasteiger charge is -2.28. The van der Waals surface area contributed by atoms with Gasteiger partial charge in [-0.2, -0.15) is 0 Å². The maximum Gasteiger partial charge on any atom is 0.239 e. The third kappa shape index (κ3) is 4.45. The van der Waals surface area contributed by atoms with Gasteiger partial charge in [0, 0.05) is 7.11 Å². The molecule has 1 unspecified atom stereocenters. The summed E-state index contributed by atoms with van der Waals surface area (Å²) in [6, 6.07) is 6.12. The van der Waals surface area contributed by atoms with Crippen LogP contribution in [0, 0.1) is 0 Å². The lowest BCUT2D eigenvalue weighted by Crippen LogP contribution is -2.45. The molecule has 1 aliphatic rings. The number of benzene rings is 1. The molecule has 0 spiro atoms. The number of carbonyl (C=O) groups excluding carboxylic acids is 1. The van der Waals surface area contributed by atoms with Crippen molar-refractivity contribution in [1.29, 1.82) is 0 Å². The first-order chi connectivity index (χ1) is 10.0. The van der Waals surface area contributed by atoms with E-state index in [2.05, 4.69) is 37.4 Å². The minimum absolute atomic E-state index is 0. The van der Waals surface area contributed by atoms with E-state index in [1.54, 1.807) is 7.11 Å². The average Bonchev–Trinajstić information content (AvgIpc) is 2.47. The number of halogens is 1. The van der Waals surface area contributed by atoms with E-state index in [0.717, 1.165) is 19.3 Å². The fourth-order valence-corrected chi connectivity index (χ4v) is 2.86. The van der Waals surface area contributed by atoms with Crippen LogP contribution in [0.4, 0.5) is 0 Å². The Labute approximate surface area is 139 Å². The van der Waals surface area contributed by atoms with Gasteiger partial charge in [-0.15, -0.1) is 12.4 Å². The van der Waals surface area contributed by atoms with Gasteiger partial charge in [0.1, 0.15) is 6.04 Å². The van der Waals surface area contributed by atoms with Crippen molar-refractivity contribution in [3.05, 3.63) is 34.9 Å². The summed E-state index contributed by atoms with van der Waals surface area (Å²) >= 11 is 0. The molecule has 1 amide bonds. The zero-order valence-corrected chi connectivity index (χ0v) is 14.4. The zero-order chi connectivity index (χ0) is 15.4. The molecular formula is C17H27ClN2O2. The minimum atomic E-state index is -0.603. The van der Waals surface area contributed by atoms with Gasteiger partial charge in [-0.05, 0) is 41.9 Å². The Kier molecular flexibility index (Phi) is 7.33. The molecule has 4 nitrogen and oxygen atoms in total. The Morgan fingerprint density at radius 1 is 1.45 bits per heavy atom. The normalized spacial score (nSPS) is 18.3. The van der Waals surface area contributed by atoms with Gasteiger partial charge in [-0.3, -0.25) is 4.79 Å². The number of methoxy groups -OCH3 is 1. The van der Waals surface area contributed by atoms with Crippen molar-refractivity contribution in [1.82, 2.24) is 5.32 Å².